The third kappa shape index (κ3) is 6.30. The summed E-state index contributed by atoms with van der Waals surface area (Å²) in [4.78, 5) is 8.98. The van der Waals surface area contributed by atoms with Gasteiger partial charge in [0.25, 0.3) is 11.4 Å². The summed E-state index contributed by atoms with van der Waals surface area (Å²) < 4.78 is 12.4. The summed E-state index contributed by atoms with van der Waals surface area (Å²) >= 11 is 0. The van der Waals surface area contributed by atoms with Crippen molar-refractivity contribution < 1.29 is 9.47 Å². The van der Waals surface area contributed by atoms with E-state index in [9.17, 15) is 10.5 Å². The lowest BCUT2D eigenvalue weighted by Crippen LogP contribution is -2.21. The van der Waals surface area contributed by atoms with Gasteiger partial charge >= 0.3 is 0 Å². The molecule has 0 saturated carbocycles. The van der Waals surface area contributed by atoms with Crippen LogP contribution in [-0.4, -0.2) is 0 Å². The first-order chi connectivity index (χ1) is 21.8. The van der Waals surface area contributed by atoms with Gasteiger partial charge in [0, 0.05) is 33.6 Å². The lowest BCUT2D eigenvalue weighted by Gasteiger charge is -2.32. The van der Waals surface area contributed by atoms with Gasteiger partial charge in [-0.25, -0.2) is 20.2 Å². The largest absolute Gasteiger partial charge is 0.458 e. The second kappa shape index (κ2) is 12.8. The van der Waals surface area contributed by atoms with Gasteiger partial charge in [0.1, 0.15) is 11.5 Å². The average molecular weight is 586 g/mol. The second-order valence-electron chi connectivity index (χ2n) is 11.1. The molecule has 0 N–H and O–H groups in total. The number of benzene rings is 3. The van der Waals surface area contributed by atoms with Gasteiger partial charge in [-0.3, -0.25) is 0 Å². The Hall–Kier alpha value is -6.54. The molecule has 3 aromatic rings. The molecule has 0 bridgehead atoms. The minimum Gasteiger partial charge on any atom is -0.458 e. The molecule has 7 nitrogen and oxygen atoms in total. The van der Waals surface area contributed by atoms with Gasteiger partial charge in [0.05, 0.1) is 25.3 Å². The first kappa shape index (κ1) is 29.9. The van der Waals surface area contributed by atoms with Gasteiger partial charge in [-0.15, -0.1) is 0 Å². The highest BCUT2D eigenvalue weighted by Crippen LogP contribution is 2.44. The molecule has 7 heteroatoms. The quantitative estimate of drug-likeness (QED) is 0.220. The zero-order chi connectivity index (χ0) is 32.0. The van der Waals surface area contributed by atoms with Gasteiger partial charge in [-0.1, -0.05) is 75.4 Å². The van der Waals surface area contributed by atoms with Crippen LogP contribution in [0.3, 0.4) is 0 Å². The van der Waals surface area contributed by atoms with E-state index in [1.807, 2.05) is 99.6 Å². The van der Waals surface area contributed by atoms with Crippen molar-refractivity contribution in [1.82, 2.24) is 0 Å². The fourth-order valence-corrected chi connectivity index (χ4v) is 4.75. The van der Waals surface area contributed by atoms with Crippen molar-refractivity contribution in [2.75, 3.05) is 4.90 Å². The topological polar surface area (TPSA) is 78.0 Å². The Morgan fingerprint density at radius 2 is 1.18 bits per heavy atom. The first-order valence-electron chi connectivity index (χ1n) is 14.0. The molecule has 45 heavy (non-hydrogen) atoms. The highest BCUT2D eigenvalue weighted by atomic mass is 16.5. The van der Waals surface area contributed by atoms with Crippen LogP contribution in [0.5, 0.6) is 0 Å². The standard InChI is InChI=1S/C38H27N5O2/c1-38(2,3)35-23-32(34(25-40)42-5)36-37(45-35)31(33(24-39)41-4)22-30(44-36)21-18-26-16-19-29(20-17-26)43(27-12-8-6-9-13-27)28-14-10-7-11-15-28/h6-23H,1-3H3. The number of para-hydroxylation sites is 2. The summed E-state index contributed by atoms with van der Waals surface area (Å²) in [5.74, 6) is 1.03. The monoisotopic (exact) mass is 585 g/mol. The SMILES string of the molecule is [C-]#[N+]C(C#N)=C1C=C(C(C)(C)C)OC2=C1OC(C=Cc1ccc(N(c3ccccc3)c3ccccc3)cc1)=CC2=C(C#N)[N+]#[C-]. The zero-order valence-corrected chi connectivity index (χ0v) is 24.9. The maximum Gasteiger partial charge on any atom is 0.272 e. The van der Waals surface area contributed by atoms with Crippen LogP contribution in [0.1, 0.15) is 26.3 Å². The van der Waals surface area contributed by atoms with E-state index in [1.165, 1.54) is 0 Å². The van der Waals surface area contributed by atoms with Crippen molar-refractivity contribution in [2.24, 2.45) is 5.41 Å². The summed E-state index contributed by atoms with van der Waals surface area (Å²) in [7, 11) is 0. The van der Waals surface area contributed by atoms with Gasteiger partial charge < -0.3 is 14.4 Å². The first-order valence-corrected chi connectivity index (χ1v) is 14.0. The normalized spacial score (nSPS) is 16.3. The number of rotatable bonds is 5. The molecule has 2 aliphatic heterocycles. The van der Waals surface area contributed by atoms with Crippen LogP contribution in [0.2, 0.25) is 0 Å². The lowest BCUT2D eigenvalue weighted by molar-refractivity contribution is 0.187. The van der Waals surface area contributed by atoms with E-state index < -0.39 is 5.41 Å². The molecular weight excluding hydrogens is 558 g/mol. The summed E-state index contributed by atoms with van der Waals surface area (Å²) in [5, 5.41) is 19.5. The molecule has 216 valence electrons. The van der Waals surface area contributed by atoms with Crippen LogP contribution in [0, 0.1) is 41.2 Å². The Morgan fingerprint density at radius 3 is 1.67 bits per heavy atom. The van der Waals surface area contributed by atoms with Crippen molar-refractivity contribution in [3.05, 3.63) is 177 Å². The van der Waals surface area contributed by atoms with Crippen molar-refractivity contribution in [1.29, 1.82) is 10.5 Å². The molecule has 0 aromatic heterocycles. The minimum absolute atomic E-state index is 0.112. The van der Waals surface area contributed by atoms with Gasteiger partial charge in [0.2, 0.25) is 0 Å². The van der Waals surface area contributed by atoms with Crippen molar-refractivity contribution in [2.45, 2.75) is 20.8 Å². The van der Waals surface area contributed by atoms with E-state index in [0.717, 1.165) is 22.6 Å². The van der Waals surface area contributed by atoms with Crippen molar-refractivity contribution in [3.8, 4) is 12.1 Å². The molecule has 0 spiro atoms. The fourth-order valence-electron chi connectivity index (χ4n) is 4.75. The Balaban J connectivity index is 1.51. The van der Waals surface area contributed by atoms with Gasteiger partial charge in [0.15, 0.2) is 11.5 Å². The molecule has 2 heterocycles. The molecule has 0 radical (unpaired) electrons. The molecule has 0 saturated heterocycles. The summed E-state index contributed by atoms with van der Waals surface area (Å²) in [6.45, 7) is 21.0. The molecule has 0 amide bonds. The van der Waals surface area contributed by atoms with Gasteiger partial charge in [-0.2, -0.15) is 0 Å². The maximum absolute atomic E-state index is 9.77. The minimum atomic E-state index is -0.491. The number of nitriles is 2. The zero-order valence-electron chi connectivity index (χ0n) is 24.9. The maximum atomic E-state index is 9.77. The molecule has 5 rings (SSSR count). The highest BCUT2D eigenvalue weighted by Gasteiger charge is 2.35. The molecule has 0 fully saturated rings. The highest BCUT2D eigenvalue weighted by molar-refractivity contribution is 5.77. The van der Waals surface area contributed by atoms with Crippen LogP contribution < -0.4 is 4.90 Å². The van der Waals surface area contributed by atoms with Crippen LogP contribution in [0.15, 0.2) is 149 Å². The molecular formula is C38H27N5O2. The molecule has 3 aromatic carbocycles. The summed E-state index contributed by atoms with van der Waals surface area (Å²) in [6, 6.07) is 32.1. The summed E-state index contributed by atoms with van der Waals surface area (Å²) in [6.07, 6.45) is 6.75. The third-order valence-corrected chi connectivity index (χ3v) is 6.99. The van der Waals surface area contributed by atoms with E-state index in [-0.39, 0.29) is 34.1 Å². The van der Waals surface area contributed by atoms with Crippen LogP contribution in [0.25, 0.3) is 15.8 Å². The number of hydrogen-bond acceptors (Lipinski definition) is 5. The fraction of sp³-hybridized carbons (Fsp3) is 0.105. The smallest absolute Gasteiger partial charge is 0.272 e. The second-order valence-corrected chi connectivity index (χ2v) is 11.1. The van der Waals surface area contributed by atoms with Crippen LogP contribution in [0.4, 0.5) is 17.1 Å². The molecule has 2 aliphatic rings. The number of hydrogen-bond donors (Lipinski definition) is 0. The number of nitrogens with zero attached hydrogens (tertiary/aromatic N) is 5. The molecule has 0 atom stereocenters. The number of anilines is 3. The number of ether oxygens (including phenoxy) is 2. The van der Waals surface area contributed by atoms with E-state index >= 15 is 0 Å². The van der Waals surface area contributed by atoms with Crippen molar-refractivity contribution in [3.63, 3.8) is 0 Å². The van der Waals surface area contributed by atoms with Crippen molar-refractivity contribution >= 4 is 23.1 Å². The van der Waals surface area contributed by atoms with E-state index in [1.54, 1.807) is 18.2 Å². The molecule has 0 aliphatic carbocycles. The Bertz CT molecular complexity index is 1920. The van der Waals surface area contributed by atoms with E-state index in [4.69, 9.17) is 22.6 Å². The average Bonchev–Trinajstić information content (AvgIpc) is 3.06. The predicted octanol–water partition coefficient (Wildman–Crippen LogP) is 9.65. The predicted molar refractivity (Wildman–Crippen MR) is 173 cm³/mol. The van der Waals surface area contributed by atoms with E-state index in [2.05, 4.69) is 38.9 Å². The van der Waals surface area contributed by atoms with Gasteiger partial charge in [-0.05, 0) is 60.2 Å². The lowest BCUT2D eigenvalue weighted by atomic mass is 9.89. The number of allylic oxidation sites excluding steroid dienone is 6. The Labute approximate surface area is 263 Å². The van der Waals surface area contributed by atoms with Crippen LogP contribution >= 0.6 is 0 Å². The summed E-state index contributed by atoms with van der Waals surface area (Å²) in [5.41, 5.74) is 3.51. The third-order valence-electron chi connectivity index (χ3n) is 6.99. The Morgan fingerprint density at radius 1 is 0.689 bits per heavy atom. The Kier molecular flexibility index (Phi) is 8.49. The molecule has 0 unspecified atom stereocenters. The van der Waals surface area contributed by atoms with E-state index in [0.29, 0.717) is 11.5 Å². The van der Waals surface area contributed by atoms with Crippen LogP contribution in [-0.2, 0) is 9.47 Å².